The van der Waals surface area contributed by atoms with E-state index in [4.69, 9.17) is 4.74 Å². The molecule has 170 valence electrons. The number of ether oxygens (including phenoxy) is 1. The molecule has 32 heavy (non-hydrogen) atoms. The molecule has 2 unspecified atom stereocenters. The molecule has 2 atom stereocenters. The number of amides is 2. The lowest BCUT2D eigenvalue weighted by molar-refractivity contribution is -0.135. The van der Waals surface area contributed by atoms with Crippen LogP contribution in [0.1, 0.15) is 42.1 Å². The van der Waals surface area contributed by atoms with Gasteiger partial charge in [0, 0.05) is 44.1 Å². The molecule has 2 aromatic carbocycles. The summed E-state index contributed by atoms with van der Waals surface area (Å²) >= 11 is 0. The smallest absolute Gasteiger partial charge is 0.251 e. The fraction of sp³-hybridized carbons (Fsp3) is 0.440. The topological polar surface area (TPSA) is 82.7 Å². The summed E-state index contributed by atoms with van der Waals surface area (Å²) in [4.78, 5) is 26.9. The van der Waals surface area contributed by atoms with Crippen molar-refractivity contribution in [2.45, 2.75) is 50.8 Å². The molecule has 2 heterocycles. The van der Waals surface area contributed by atoms with Gasteiger partial charge in [-0.1, -0.05) is 30.3 Å². The van der Waals surface area contributed by atoms with Crippen LogP contribution in [0.25, 0.3) is 0 Å². The van der Waals surface area contributed by atoms with Crippen molar-refractivity contribution >= 4 is 11.8 Å². The highest BCUT2D eigenvalue weighted by Gasteiger charge is 2.32. The maximum absolute atomic E-state index is 12.6. The molecule has 0 aliphatic carbocycles. The normalized spacial score (nSPS) is 21.3. The molecule has 0 aromatic heterocycles. The number of nitrogens with one attached hydrogen (secondary N) is 3. The van der Waals surface area contributed by atoms with E-state index in [1.165, 1.54) is 5.56 Å². The fourth-order valence-corrected chi connectivity index (χ4v) is 4.24. The SMILES string of the molecule is CC1CC(C(=O)N2CCC(Oc3ccc(C(=O)NCCc4ccccc4)cc3)CC2)NN1. The lowest BCUT2D eigenvalue weighted by Gasteiger charge is -2.33. The van der Waals surface area contributed by atoms with Gasteiger partial charge in [0.2, 0.25) is 5.91 Å². The van der Waals surface area contributed by atoms with Crippen LogP contribution in [-0.4, -0.2) is 54.5 Å². The molecule has 2 aliphatic heterocycles. The van der Waals surface area contributed by atoms with Crippen LogP contribution in [0.3, 0.4) is 0 Å². The van der Waals surface area contributed by atoms with Gasteiger partial charge in [0.1, 0.15) is 17.9 Å². The molecule has 7 nitrogen and oxygen atoms in total. The van der Waals surface area contributed by atoms with E-state index in [0.717, 1.165) is 31.4 Å². The van der Waals surface area contributed by atoms with Crippen LogP contribution < -0.4 is 20.9 Å². The Morgan fingerprint density at radius 2 is 1.75 bits per heavy atom. The summed E-state index contributed by atoms with van der Waals surface area (Å²) in [6, 6.07) is 17.6. The Morgan fingerprint density at radius 3 is 2.41 bits per heavy atom. The minimum atomic E-state index is -0.131. The molecule has 0 saturated carbocycles. The zero-order chi connectivity index (χ0) is 22.3. The maximum atomic E-state index is 12.6. The van der Waals surface area contributed by atoms with Gasteiger partial charge < -0.3 is 15.0 Å². The predicted octanol–water partition coefficient (Wildman–Crippen LogP) is 2.28. The summed E-state index contributed by atoms with van der Waals surface area (Å²) in [5, 5.41) is 2.96. The van der Waals surface area contributed by atoms with Crippen LogP contribution in [0.5, 0.6) is 5.75 Å². The van der Waals surface area contributed by atoms with Crippen molar-refractivity contribution in [3.05, 3.63) is 65.7 Å². The number of carbonyl (C=O) groups excluding carboxylic acids is 2. The van der Waals surface area contributed by atoms with Gasteiger partial charge >= 0.3 is 0 Å². The van der Waals surface area contributed by atoms with Gasteiger partial charge in [-0.3, -0.25) is 15.0 Å². The molecule has 2 saturated heterocycles. The third-order valence-corrected chi connectivity index (χ3v) is 6.11. The largest absolute Gasteiger partial charge is 0.490 e. The lowest BCUT2D eigenvalue weighted by Crippen LogP contribution is -2.49. The summed E-state index contributed by atoms with van der Waals surface area (Å²) in [5.74, 6) is 0.845. The lowest BCUT2D eigenvalue weighted by atomic mass is 10.0. The Bertz CT molecular complexity index is 895. The number of hydrazine groups is 1. The number of hydrogen-bond donors (Lipinski definition) is 3. The molecule has 2 amide bonds. The Morgan fingerprint density at radius 1 is 1.03 bits per heavy atom. The molecule has 2 aliphatic rings. The van der Waals surface area contributed by atoms with Crippen molar-refractivity contribution in [1.82, 2.24) is 21.1 Å². The van der Waals surface area contributed by atoms with Crippen molar-refractivity contribution in [2.75, 3.05) is 19.6 Å². The minimum Gasteiger partial charge on any atom is -0.490 e. The third-order valence-electron chi connectivity index (χ3n) is 6.11. The van der Waals surface area contributed by atoms with Crippen LogP contribution in [0.15, 0.2) is 54.6 Å². The molecule has 0 bridgehead atoms. The third kappa shape index (κ3) is 5.87. The Kier molecular flexibility index (Phi) is 7.39. The Labute approximate surface area is 189 Å². The zero-order valence-corrected chi connectivity index (χ0v) is 18.5. The fourth-order valence-electron chi connectivity index (χ4n) is 4.24. The quantitative estimate of drug-likeness (QED) is 0.620. The first-order valence-corrected chi connectivity index (χ1v) is 11.5. The first-order chi connectivity index (χ1) is 15.6. The summed E-state index contributed by atoms with van der Waals surface area (Å²) in [6.07, 6.45) is 3.33. The molecular weight excluding hydrogens is 404 g/mol. The van der Waals surface area contributed by atoms with Gasteiger partial charge in [0.25, 0.3) is 5.91 Å². The molecule has 4 rings (SSSR count). The number of hydrogen-bond acceptors (Lipinski definition) is 5. The summed E-state index contributed by atoms with van der Waals surface area (Å²) in [5.41, 5.74) is 8.02. The first-order valence-electron chi connectivity index (χ1n) is 11.5. The molecular formula is C25H32N4O3. The minimum absolute atomic E-state index is 0.0800. The van der Waals surface area contributed by atoms with E-state index in [-0.39, 0.29) is 24.0 Å². The van der Waals surface area contributed by atoms with Crippen molar-refractivity contribution < 1.29 is 14.3 Å². The number of nitrogens with zero attached hydrogens (tertiary/aromatic N) is 1. The number of carbonyl (C=O) groups is 2. The molecule has 3 N–H and O–H groups in total. The van der Waals surface area contributed by atoms with Gasteiger partial charge in [0.05, 0.1) is 0 Å². The summed E-state index contributed by atoms with van der Waals surface area (Å²) < 4.78 is 6.10. The molecule has 2 fully saturated rings. The number of piperidine rings is 1. The van der Waals surface area contributed by atoms with Gasteiger partial charge in [-0.05, 0) is 49.6 Å². The van der Waals surface area contributed by atoms with Crippen LogP contribution in [0, 0.1) is 0 Å². The summed E-state index contributed by atoms with van der Waals surface area (Å²) in [6.45, 7) is 4.08. The van der Waals surface area contributed by atoms with Crippen molar-refractivity contribution in [3.63, 3.8) is 0 Å². The second-order valence-electron chi connectivity index (χ2n) is 8.64. The zero-order valence-electron chi connectivity index (χ0n) is 18.5. The molecule has 0 spiro atoms. The van der Waals surface area contributed by atoms with Crippen LogP contribution in [0.2, 0.25) is 0 Å². The summed E-state index contributed by atoms with van der Waals surface area (Å²) in [7, 11) is 0. The highest BCUT2D eigenvalue weighted by Crippen LogP contribution is 2.21. The second kappa shape index (κ2) is 10.6. The van der Waals surface area contributed by atoms with E-state index in [2.05, 4.69) is 35.2 Å². The Balaban J connectivity index is 1.19. The number of rotatable bonds is 7. The van der Waals surface area contributed by atoms with Gasteiger partial charge in [-0.2, -0.15) is 0 Å². The van der Waals surface area contributed by atoms with E-state index in [9.17, 15) is 9.59 Å². The maximum Gasteiger partial charge on any atom is 0.251 e. The standard InChI is InChI=1S/C25H32N4O3/c1-18-17-23(28-27-18)25(31)29-15-12-22(13-16-29)32-21-9-7-20(8-10-21)24(30)26-14-11-19-5-3-2-4-6-19/h2-10,18,22-23,27-28H,11-17H2,1H3,(H,26,30). The van der Waals surface area contributed by atoms with Crippen molar-refractivity contribution in [1.29, 1.82) is 0 Å². The molecule has 7 heteroatoms. The average Bonchev–Trinajstić information content (AvgIpc) is 3.26. The molecule has 2 aromatic rings. The van der Waals surface area contributed by atoms with E-state index in [1.54, 1.807) is 12.1 Å². The van der Waals surface area contributed by atoms with E-state index >= 15 is 0 Å². The average molecular weight is 437 g/mol. The second-order valence-corrected chi connectivity index (χ2v) is 8.64. The van der Waals surface area contributed by atoms with Gasteiger partial charge in [-0.25, -0.2) is 5.43 Å². The highest BCUT2D eigenvalue weighted by molar-refractivity contribution is 5.94. The number of likely N-dealkylation sites (tertiary alicyclic amines) is 1. The van der Waals surface area contributed by atoms with Gasteiger partial charge in [0.15, 0.2) is 0 Å². The van der Waals surface area contributed by atoms with E-state index in [0.29, 0.717) is 31.2 Å². The number of benzene rings is 2. The van der Waals surface area contributed by atoms with Crippen LogP contribution in [0.4, 0.5) is 0 Å². The molecule has 0 radical (unpaired) electrons. The van der Waals surface area contributed by atoms with Crippen LogP contribution in [-0.2, 0) is 11.2 Å². The van der Waals surface area contributed by atoms with E-state index < -0.39 is 0 Å². The van der Waals surface area contributed by atoms with Crippen molar-refractivity contribution in [3.8, 4) is 5.75 Å². The van der Waals surface area contributed by atoms with Crippen LogP contribution >= 0.6 is 0 Å². The van der Waals surface area contributed by atoms with Gasteiger partial charge in [-0.15, -0.1) is 0 Å². The Hall–Kier alpha value is -2.90. The van der Waals surface area contributed by atoms with Crippen molar-refractivity contribution in [2.24, 2.45) is 0 Å². The first kappa shape index (κ1) is 22.3. The highest BCUT2D eigenvalue weighted by atomic mass is 16.5. The monoisotopic (exact) mass is 436 g/mol. The van der Waals surface area contributed by atoms with E-state index in [1.807, 2.05) is 35.2 Å². The predicted molar refractivity (Wildman–Crippen MR) is 123 cm³/mol.